The molecule has 0 saturated heterocycles. The van der Waals surface area contributed by atoms with Gasteiger partial charge in [-0.15, -0.1) is 0 Å². The fraction of sp³-hybridized carbons (Fsp3) is 0.462. The highest BCUT2D eigenvalue weighted by Crippen LogP contribution is 2.13. The van der Waals surface area contributed by atoms with Gasteiger partial charge in [0, 0.05) is 11.9 Å². The lowest BCUT2D eigenvalue weighted by atomic mass is 10.3. The number of esters is 1. The summed E-state index contributed by atoms with van der Waals surface area (Å²) in [5, 5.41) is 0. The van der Waals surface area contributed by atoms with Gasteiger partial charge in [0.1, 0.15) is 15.6 Å². The number of benzene rings is 1. The number of carbonyl (C=O) groups excluding carboxylic acids is 1. The smallest absolute Gasteiger partial charge is 0.309 e. The zero-order valence-corrected chi connectivity index (χ0v) is 12.2. The van der Waals surface area contributed by atoms with Gasteiger partial charge in [0.15, 0.2) is 0 Å². The lowest BCUT2D eigenvalue weighted by molar-refractivity contribution is -0.144. The Morgan fingerprint density at radius 1 is 1.20 bits per heavy atom. The van der Waals surface area contributed by atoms with Crippen molar-refractivity contribution in [2.24, 2.45) is 0 Å². The van der Waals surface area contributed by atoms with Crippen molar-refractivity contribution in [1.82, 2.24) is 0 Å². The molecule has 0 bridgehead atoms. The van der Waals surface area contributed by atoms with Gasteiger partial charge in [0.25, 0.3) is 0 Å². The molecule has 0 aromatic heterocycles. The molecule has 0 spiro atoms. The number of hydrogen-bond acceptors (Lipinski definition) is 6. The first-order valence-electron chi connectivity index (χ1n) is 6.18. The summed E-state index contributed by atoms with van der Waals surface area (Å²) in [4.78, 5) is 11.3. The normalized spacial score (nSPS) is 11.1. The summed E-state index contributed by atoms with van der Waals surface area (Å²) in [6.07, 6.45) is 1.57. The third-order valence-corrected chi connectivity index (χ3v) is 3.41. The molecule has 0 atom stereocenters. The second-order valence-electron chi connectivity index (χ2n) is 4.37. The predicted octanol–water partition coefficient (Wildman–Crippen LogP) is 1.02. The van der Waals surface area contributed by atoms with Crippen LogP contribution in [-0.2, 0) is 19.4 Å². The van der Waals surface area contributed by atoms with E-state index in [9.17, 15) is 13.2 Å². The van der Waals surface area contributed by atoms with E-state index in [2.05, 4.69) is 0 Å². The van der Waals surface area contributed by atoms with Crippen molar-refractivity contribution in [1.29, 1.82) is 0 Å². The van der Waals surface area contributed by atoms with Crippen molar-refractivity contribution in [3.63, 3.8) is 0 Å². The fourth-order valence-corrected chi connectivity index (χ4v) is 2.04. The standard InChI is InChI=1S/C13H19NO5S/c1-20(16,17)10-2-8-19-13(15)7-9-18-12-5-3-11(14)4-6-12/h3-6H,2,7-10,14H2,1H3. The molecular weight excluding hydrogens is 282 g/mol. The van der Waals surface area contributed by atoms with Crippen LogP contribution in [0, 0.1) is 0 Å². The third kappa shape index (κ3) is 7.63. The van der Waals surface area contributed by atoms with Crippen LogP contribution >= 0.6 is 0 Å². The topological polar surface area (TPSA) is 95.7 Å². The molecule has 7 heteroatoms. The summed E-state index contributed by atoms with van der Waals surface area (Å²) in [6, 6.07) is 6.84. The van der Waals surface area contributed by atoms with E-state index < -0.39 is 15.8 Å². The first-order chi connectivity index (χ1) is 9.37. The van der Waals surface area contributed by atoms with Gasteiger partial charge in [0.2, 0.25) is 0 Å². The maximum atomic E-state index is 11.3. The van der Waals surface area contributed by atoms with Crippen LogP contribution in [0.25, 0.3) is 0 Å². The first-order valence-corrected chi connectivity index (χ1v) is 8.24. The molecule has 0 aliphatic carbocycles. The average molecular weight is 301 g/mol. The van der Waals surface area contributed by atoms with Crippen molar-refractivity contribution in [3.8, 4) is 5.75 Å². The summed E-state index contributed by atoms with van der Waals surface area (Å²) in [5.41, 5.74) is 6.17. The van der Waals surface area contributed by atoms with Gasteiger partial charge in [-0.25, -0.2) is 8.42 Å². The van der Waals surface area contributed by atoms with Crippen molar-refractivity contribution in [2.45, 2.75) is 12.8 Å². The molecule has 1 rings (SSSR count). The highest BCUT2D eigenvalue weighted by atomic mass is 32.2. The molecule has 0 fully saturated rings. The van der Waals surface area contributed by atoms with Crippen molar-refractivity contribution in [2.75, 3.05) is 31.0 Å². The Balaban J connectivity index is 2.12. The number of ether oxygens (including phenoxy) is 2. The highest BCUT2D eigenvalue weighted by molar-refractivity contribution is 7.90. The zero-order valence-electron chi connectivity index (χ0n) is 11.4. The number of anilines is 1. The molecule has 0 heterocycles. The zero-order chi connectivity index (χ0) is 15.0. The minimum absolute atomic E-state index is 0.0161. The lowest BCUT2D eigenvalue weighted by Crippen LogP contribution is -2.13. The third-order valence-electron chi connectivity index (χ3n) is 2.38. The Kier molecular flexibility index (Phi) is 6.30. The Morgan fingerprint density at radius 3 is 2.45 bits per heavy atom. The van der Waals surface area contributed by atoms with E-state index in [-0.39, 0.29) is 25.4 Å². The molecule has 1 aromatic carbocycles. The summed E-state index contributed by atoms with van der Waals surface area (Å²) < 4.78 is 31.9. The van der Waals surface area contributed by atoms with Gasteiger partial charge in [0.05, 0.1) is 25.4 Å². The number of rotatable bonds is 8. The number of nitrogen functional groups attached to an aromatic ring is 1. The second kappa shape index (κ2) is 7.74. The number of hydrogen-bond donors (Lipinski definition) is 1. The summed E-state index contributed by atoms with van der Waals surface area (Å²) in [7, 11) is -3.00. The summed E-state index contributed by atoms with van der Waals surface area (Å²) >= 11 is 0. The average Bonchev–Trinajstić information content (AvgIpc) is 2.36. The van der Waals surface area contributed by atoms with Gasteiger partial charge in [-0.2, -0.15) is 0 Å². The molecule has 0 radical (unpaired) electrons. The predicted molar refractivity (Wildman–Crippen MR) is 76.3 cm³/mol. The van der Waals surface area contributed by atoms with E-state index >= 15 is 0 Å². The van der Waals surface area contributed by atoms with Crippen LogP contribution in [0.4, 0.5) is 5.69 Å². The summed E-state index contributed by atoms with van der Waals surface area (Å²) in [5.74, 6) is 0.236. The Morgan fingerprint density at radius 2 is 1.85 bits per heavy atom. The number of nitrogens with two attached hydrogens (primary N) is 1. The van der Waals surface area contributed by atoms with Crippen LogP contribution < -0.4 is 10.5 Å². The SMILES string of the molecule is CS(=O)(=O)CCCOC(=O)CCOc1ccc(N)cc1. The second-order valence-corrected chi connectivity index (χ2v) is 6.63. The molecule has 6 nitrogen and oxygen atoms in total. The molecule has 0 aliphatic rings. The van der Waals surface area contributed by atoms with E-state index in [4.69, 9.17) is 15.2 Å². The van der Waals surface area contributed by atoms with Gasteiger partial charge in [-0.3, -0.25) is 4.79 Å². The molecule has 112 valence electrons. The lowest BCUT2D eigenvalue weighted by Gasteiger charge is -2.07. The van der Waals surface area contributed by atoms with E-state index in [1.165, 1.54) is 0 Å². The molecule has 20 heavy (non-hydrogen) atoms. The largest absolute Gasteiger partial charge is 0.493 e. The van der Waals surface area contributed by atoms with Crippen LogP contribution in [0.15, 0.2) is 24.3 Å². The van der Waals surface area contributed by atoms with Crippen LogP contribution in [0.3, 0.4) is 0 Å². The molecule has 0 unspecified atom stereocenters. The number of sulfone groups is 1. The quantitative estimate of drug-likeness (QED) is 0.437. The minimum atomic E-state index is -3.00. The minimum Gasteiger partial charge on any atom is -0.493 e. The van der Waals surface area contributed by atoms with Gasteiger partial charge >= 0.3 is 5.97 Å². The van der Waals surface area contributed by atoms with Crippen molar-refractivity contribution >= 4 is 21.5 Å². The molecule has 0 amide bonds. The van der Waals surface area contributed by atoms with E-state index in [0.717, 1.165) is 6.26 Å². The van der Waals surface area contributed by atoms with E-state index in [1.54, 1.807) is 24.3 Å². The van der Waals surface area contributed by atoms with Crippen molar-refractivity contribution in [3.05, 3.63) is 24.3 Å². The highest BCUT2D eigenvalue weighted by Gasteiger charge is 2.06. The monoisotopic (exact) mass is 301 g/mol. The summed E-state index contributed by atoms with van der Waals surface area (Å²) in [6.45, 7) is 0.308. The maximum Gasteiger partial charge on any atom is 0.309 e. The molecule has 1 aromatic rings. The molecule has 2 N–H and O–H groups in total. The van der Waals surface area contributed by atoms with E-state index in [1.807, 2.05) is 0 Å². The van der Waals surface area contributed by atoms with Gasteiger partial charge in [-0.05, 0) is 30.7 Å². The van der Waals surface area contributed by atoms with Crippen LogP contribution in [0.5, 0.6) is 5.75 Å². The Labute approximate surface area is 118 Å². The van der Waals surface area contributed by atoms with Crippen molar-refractivity contribution < 1.29 is 22.7 Å². The van der Waals surface area contributed by atoms with Gasteiger partial charge < -0.3 is 15.2 Å². The van der Waals surface area contributed by atoms with E-state index in [0.29, 0.717) is 17.9 Å². The van der Waals surface area contributed by atoms with Gasteiger partial charge in [-0.1, -0.05) is 0 Å². The number of carbonyl (C=O) groups is 1. The fourth-order valence-electron chi connectivity index (χ4n) is 1.40. The van der Waals surface area contributed by atoms with Crippen LogP contribution in [0.2, 0.25) is 0 Å². The molecule has 0 aliphatic heterocycles. The Bertz CT molecular complexity index is 524. The van der Waals surface area contributed by atoms with Crippen LogP contribution in [0.1, 0.15) is 12.8 Å². The first kappa shape index (κ1) is 16.3. The molecule has 0 saturated carbocycles. The maximum absolute atomic E-state index is 11.3. The molecular formula is C13H19NO5S. The van der Waals surface area contributed by atoms with Crippen LogP contribution in [-0.4, -0.2) is 39.6 Å². The Hall–Kier alpha value is -1.76.